The van der Waals surface area contributed by atoms with E-state index in [0.717, 1.165) is 5.82 Å². The zero-order valence-electron chi connectivity index (χ0n) is 11.0. The Morgan fingerprint density at radius 3 is 2.58 bits per heavy atom. The highest BCUT2D eigenvalue weighted by Crippen LogP contribution is 2.24. The number of benzene rings is 1. The SMILES string of the molecule is c1ccc([C@H](NC2CCCCC2)c2ncn[nH]2)cc1. The molecule has 1 saturated carbocycles. The largest absolute Gasteiger partial charge is 0.301 e. The van der Waals surface area contributed by atoms with Crippen LogP contribution >= 0.6 is 0 Å². The van der Waals surface area contributed by atoms with Crippen molar-refractivity contribution in [3.8, 4) is 0 Å². The zero-order chi connectivity index (χ0) is 12.9. The molecule has 1 aromatic heterocycles. The number of nitrogens with one attached hydrogen (secondary N) is 2. The van der Waals surface area contributed by atoms with Gasteiger partial charge in [-0.05, 0) is 18.4 Å². The van der Waals surface area contributed by atoms with Gasteiger partial charge in [0.05, 0.1) is 6.04 Å². The number of H-pyrrole nitrogens is 1. The van der Waals surface area contributed by atoms with Crippen molar-refractivity contribution in [3.05, 3.63) is 48.0 Å². The third-order valence-electron chi connectivity index (χ3n) is 3.85. The maximum atomic E-state index is 4.33. The number of hydrogen-bond acceptors (Lipinski definition) is 3. The van der Waals surface area contributed by atoms with Gasteiger partial charge in [-0.25, -0.2) is 4.98 Å². The molecule has 2 N–H and O–H groups in total. The molecule has 19 heavy (non-hydrogen) atoms. The molecule has 1 aromatic carbocycles. The van der Waals surface area contributed by atoms with Crippen molar-refractivity contribution in [1.29, 1.82) is 0 Å². The fourth-order valence-corrected chi connectivity index (χ4v) is 2.84. The van der Waals surface area contributed by atoms with Crippen LogP contribution in [0.25, 0.3) is 0 Å². The first-order valence-corrected chi connectivity index (χ1v) is 7.10. The molecular weight excluding hydrogens is 236 g/mol. The van der Waals surface area contributed by atoms with E-state index in [4.69, 9.17) is 0 Å². The summed E-state index contributed by atoms with van der Waals surface area (Å²) in [5.74, 6) is 0.900. The molecule has 0 unspecified atom stereocenters. The minimum Gasteiger partial charge on any atom is -0.301 e. The zero-order valence-corrected chi connectivity index (χ0v) is 11.0. The van der Waals surface area contributed by atoms with Crippen molar-refractivity contribution in [2.24, 2.45) is 0 Å². The van der Waals surface area contributed by atoms with Crippen LogP contribution in [0.4, 0.5) is 0 Å². The topological polar surface area (TPSA) is 53.6 Å². The second kappa shape index (κ2) is 5.97. The van der Waals surface area contributed by atoms with Crippen molar-refractivity contribution in [2.75, 3.05) is 0 Å². The predicted molar refractivity (Wildman–Crippen MR) is 74.7 cm³/mol. The lowest BCUT2D eigenvalue weighted by Gasteiger charge is -2.27. The Bertz CT molecular complexity index is 474. The molecule has 1 aliphatic rings. The quantitative estimate of drug-likeness (QED) is 0.884. The summed E-state index contributed by atoms with van der Waals surface area (Å²) in [5.41, 5.74) is 1.24. The van der Waals surface area contributed by atoms with Crippen LogP contribution in [0.1, 0.15) is 49.5 Å². The van der Waals surface area contributed by atoms with E-state index in [0.29, 0.717) is 6.04 Å². The van der Waals surface area contributed by atoms with Crippen LogP contribution in [-0.2, 0) is 0 Å². The van der Waals surface area contributed by atoms with Crippen molar-refractivity contribution in [3.63, 3.8) is 0 Å². The van der Waals surface area contributed by atoms with E-state index in [-0.39, 0.29) is 6.04 Å². The van der Waals surface area contributed by atoms with Gasteiger partial charge in [-0.15, -0.1) is 0 Å². The van der Waals surface area contributed by atoms with E-state index in [1.165, 1.54) is 37.7 Å². The lowest BCUT2D eigenvalue weighted by molar-refractivity contribution is 0.350. The van der Waals surface area contributed by atoms with Gasteiger partial charge in [0.2, 0.25) is 0 Å². The number of aromatic amines is 1. The van der Waals surface area contributed by atoms with E-state index < -0.39 is 0 Å². The molecule has 100 valence electrons. The number of hydrogen-bond donors (Lipinski definition) is 2. The Morgan fingerprint density at radius 2 is 1.89 bits per heavy atom. The molecule has 1 heterocycles. The van der Waals surface area contributed by atoms with Crippen LogP contribution in [0.15, 0.2) is 36.7 Å². The van der Waals surface area contributed by atoms with Crippen molar-refractivity contribution in [2.45, 2.75) is 44.2 Å². The van der Waals surface area contributed by atoms with Crippen molar-refractivity contribution < 1.29 is 0 Å². The summed E-state index contributed by atoms with van der Waals surface area (Å²) in [4.78, 5) is 4.33. The van der Waals surface area contributed by atoms with Gasteiger partial charge in [-0.3, -0.25) is 5.10 Å². The van der Waals surface area contributed by atoms with E-state index in [2.05, 4.69) is 44.8 Å². The maximum absolute atomic E-state index is 4.33. The molecule has 4 heteroatoms. The Kier molecular flexibility index (Phi) is 3.89. The maximum Gasteiger partial charge on any atom is 0.145 e. The van der Waals surface area contributed by atoms with Gasteiger partial charge in [-0.1, -0.05) is 49.6 Å². The first-order chi connectivity index (χ1) is 9.43. The molecule has 0 amide bonds. The highest BCUT2D eigenvalue weighted by molar-refractivity contribution is 5.24. The Balaban J connectivity index is 1.80. The molecule has 2 aromatic rings. The summed E-state index contributed by atoms with van der Waals surface area (Å²) in [6.07, 6.45) is 8.13. The standard InChI is InChI=1S/C15H20N4/c1-3-7-12(8-4-1)14(15-16-11-17-19-15)18-13-9-5-2-6-10-13/h1,3-4,7-8,11,13-14,18H,2,5-6,9-10H2,(H,16,17,19)/t14-/m0/s1. The molecule has 0 bridgehead atoms. The molecule has 0 aliphatic heterocycles. The predicted octanol–water partition coefficient (Wildman–Crippen LogP) is 2.82. The Labute approximate surface area is 113 Å². The monoisotopic (exact) mass is 256 g/mol. The van der Waals surface area contributed by atoms with Crippen LogP contribution in [0.5, 0.6) is 0 Å². The highest BCUT2D eigenvalue weighted by atomic mass is 15.2. The van der Waals surface area contributed by atoms with E-state index in [9.17, 15) is 0 Å². The molecule has 0 spiro atoms. The van der Waals surface area contributed by atoms with Gasteiger partial charge in [-0.2, -0.15) is 5.10 Å². The second-order valence-corrected chi connectivity index (χ2v) is 5.22. The Morgan fingerprint density at radius 1 is 1.11 bits per heavy atom. The molecule has 1 atom stereocenters. The molecule has 1 fully saturated rings. The van der Waals surface area contributed by atoms with E-state index in [1.807, 2.05) is 6.07 Å². The van der Waals surface area contributed by atoms with Crippen molar-refractivity contribution >= 4 is 0 Å². The average Bonchev–Trinajstić information content (AvgIpc) is 3.01. The van der Waals surface area contributed by atoms with Crippen molar-refractivity contribution in [1.82, 2.24) is 20.5 Å². The lowest BCUT2D eigenvalue weighted by Crippen LogP contribution is -2.35. The van der Waals surface area contributed by atoms with Crippen LogP contribution < -0.4 is 5.32 Å². The highest BCUT2D eigenvalue weighted by Gasteiger charge is 2.22. The summed E-state index contributed by atoms with van der Waals surface area (Å²) < 4.78 is 0. The smallest absolute Gasteiger partial charge is 0.145 e. The number of aromatic nitrogens is 3. The molecule has 3 rings (SSSR count). The van der Waals surface area contributed by atoms with Crippen LogP contribution in [0.3, 0.4) is 0 Å². The van der Waals surface area contributed by atoms with Gasteiger partial charge < -0.3 is 5.32 Å². The third kappa shape index (κ3) is 3.01. The fraction of sp³-hybridized carbons (Fsp3) is 0.467. The first-order valence-electron chi connectivity index (χ1n) is 7.10. The molecular formula is C15H20N4. The fourth-order valence-electron chi connectivity index (χ4n) is 2.84. The number of rotatable bonds is 4. The van der Waals surface area contributed by atoms with Gasteiger partial charge in [0, 0.05) is 6.04 Å². The first kappa shape index (κ1) is 12.4. The minimum atomic E-state index is 0.117. The van der Waals surface area contributed by atoms with Gasteiger partial charge in [0.1, 0.15) is 12.2 Å². The molecule has 0 radical (unpaired) electrons. The molecule has 4 nitrogen and oxygen atoms in total. The second-order valence-electron chi connectivity index (χ2n) is 5.22. The van der Waals surface area contributed by atoms with Gasteiger partial charge in [0.15, 0.2) is 0 Å². The summed E-state index contributed by atoms with van der Waals surface area (Å²) in [7, 11) is 0. The summed E-state index contributed by atoms with van der Waals surface area (Å²) >= 11 is 0. The van der Waals surface area contributed by atoms with Crippen LogP contribution in [-0.4, -0.2) is 21.2 Å². The summed E-state index contributed by atoms with van der Waals surface area (Å²) in [6.45, 7) is 0. The molecule has 1 aliphatic carbocycles. The average molecular weight is 256 g/mol. The molecule has 0 saturated heterocycles. The van der Waals surface area contributed by atoms with E-state index >= 15 is 0 Å². The number of nitrogens with zero attached hydrogens (tertiary/aromatic N) is 2. The Hall–Kier alpha value is -1.68. The minimum absolute atomic E-state index is 0.117. The summed E-state index contributed by atoms with van der Waals surface area (Å²) in [6, 6.07) is 11.2. The van der Waals surface area contributed by atoms with E-state index in [1.54, 1.807) is 6.33 Å². The normalized spacial score (nSPS) is 18.3. The summed E-state index contributed by atoms with van der Waals surface area (Å²) in [5, 5.41) is 10.7. The van der Waals surface area contributed by atoms with Gasteiger partial charge >= 0.3 is 0 Å². The van der Waals surface area contributed by atoms with Gasteiger partial charge in [0.25, 0.3) is 0 Å². The third-order valence-corrected chi connectivity index (χ3v) is 3.85. The lowest BCUT2D eigenvalue weighted by atomic mass is 9.94. The van der Waals surface area contributed by atoms with Crippen LogP contribution in [0, 0.1) is 0 Å². The van der Waals surface area contributed by atoms with Crippen LogP contribution in [0.2, 0.25) is 0 Å².